The SMILES string of the molecule is CCSc1oc2c(/C(C)=N/S(=O)C(C)(C)C)cc(C)cc2c(=O)c1C. The van der Waals surface area contributed by atoms with E-state index in [-0.39, 0.29) is 5.43 Å². The Bertz CT molecular complexity index is 921. The van der Waals surface area contributed by atoms with Crippen LogP contribution in [0.4, 0.5) is 0 Å². The van der Waals surface area contributed by atoms with Gasteiger partial charge in [-0.1, -0.05) is 18.7 Å². The zero-order valence-electron chi connectivity index (χ0n) is 15.9. The predicted octanol–water partition coefficient (Wildman–Crippen LogP) is 4.79. The fourth-order valence-electron chi connectivity index (χ4n) is 2.36. The summed E-state index contributed by atoms with van der Waals surface area (Å²) in [7, 11) is -1.37. The molecule has 2 rings (SSSR count). The second-order valence-electron chi connectivity index (χ2n) is 7.00. The van der Waals surface area contributed by atoms with E-state index in [0.29, 0.717) is 27.3 Å². The van der Waals surface area contributed by atoms with Gasteiger partial charge in [-0.15, -0.1) is 0 Å². The van der Waals surface area contributed by atoms with Crippen LogP contribution in [0.5, 0.6) is 0 Å². The fraction of sp³-hybridized carbons (Fsp3) is 0.474. The number of hydrogen-bond donors (Lipinski definition) is 0. The molecule has 0 aliphatic carbocycles. The van der Waals surface area contributed by atoms with Crippen molar-refractivity contribution in [3.8, 4) is 0 Å². The Morgan fingerprint density at radius 2 is 1.92 bits per heavy atom. The number of nitrogens with zero attached hydrogens (tertiary/aromatic N) is 1. The van der Waals surface area contributed by atoms with E-state index < -0.39 is 15.7 Å². The molecule has 6 heteroatoms. The molecule has 1 aromatic carbocycles. The van der Waals surface area contributed by atoms with E-state index in [0.717, 1.165) is 16.9 Å². The van der Waals surface area contributed by atoms with Gasteiger partial charge >= 0.3 is 0 Å². The van der Waals surface area contributed by atoms with Crippen LogP contribution in [0, 0.1) is 13.8 Å². The van der Waals surface area contributed by atoms with Crippen LogP contribution in [0.1, 0.15) is 51.3 Å². The third-order valence-corrected chi connectivity index (χ3v) is 6.16. The smallest absolute Gasteiger partial charge is 0.196 e. The van der Waals surface area contributed by atoms with Crippen molar-refractivity contribution < 1.29 is 8.63 Å². The van der Waals surface area contributed by atoms with Crippen LogP contribution >= 0.6 is 11.8 Å². The fourth-order valence-corrected chi connectivity index (χ4v) is 3.70. The van der Waals surface area contributed by atoms with Crippen molar-refractivity contribution in [3.05, 3.63) is 39.0 Å². The predicted molar refractivity (Wildman–Crippen MR) is 108 cm³/mol. The summed E-state index contributed by atoms with van der Waals surface area (Å²) >= 11 is 1.51. The summed E-state index contributed by atoms with van der Waals surface area (Å²) in [6.45, 7) is 13.2. The summed E-state index contributed by atoms with van der Waals surface area (Å²) < 4.78 is 22.4. The Balaban J connectivity index is 2.78. The highest BCUT2D eigenvalue weighted by Crippen LogP contribution is 2.28. The van der Waals surface area contributed by atoms with Crippen molar-refractivity contribution in [1.29, 1.82) is 0 Å². The molecule has 1 heterocycles. The van der Waals surface area contributed by atoms with Gasteiger partial charge in [-0.2, -0.15) is 4.40 Å². The Morgan fingerprint density at radius 3 is 2.48 bits per heavy atom. The number of benzene rings is 1. The molecule has 0 amide bonds. The third-order valence-electron chi connectivity index (χ3n) is 3.73. The standard InChI is InChI=1S/C19H25NO3S2/c1-8-24-18-12(3)16(21)15-10-11(2)9-14(17(15)23-18)13(4)20-25(22)19(5,6)7/h9-10H,8H2,1-7H3/b20-13+. The van der Waals surface area contributed by atoms with E-state index >= 15 is 0 Å². The quantitative estimate of drug-likeness (QED) is 0.566. The largest absolute Gasteiger partial charge is 0.449 e. The van der Waals surface area contributed by atoms with Gasteiger partial charge < -0.3 is 4.42 Å². The number of fused-ring (bicyclic) bond motifs is 1. The Hall–Kier alpha value is -1.40. The maximum Gasteiger partial charge on any atom is 0.196 e. The van der Waals surface area contributed by atoms with Crippen LogP contribution in [-0.2, 0) is 11.0 Å². The highest BCUT2D eigenvalue weighted by Gasteiger charge is 2.21. The van der Waals surface area contributed by atoms with Crippen molar-refractivity contribution in [2.24, 2.45) is 4.40 Å². The summed E-state index contributed by atoms with van der Waals surface area (Å²) in [5, 5.41) is 1.18. The lowest BCUT2D eigenvalue weighted by Crippen LogP contribution is -2.20. The van der Waals surface area contributed by atoms with Gasteiger partial charge in [0.2, 0.25) is 0 Å². The highest BCUT2D eigenvalue weighted by molar-refractivity contribution is 7.99. The second-order valence-corrected chi connectivity index (χ2v) is 10.1. The summed E-state index contributed by atoms with van der Waals surface area (Å²) in [5.41, 5.74) is 3.41. The maximum atomic E-state index is 12.8. The molecule has 0 bridgehead atoms. The van der Waals surface area contributed by atoms with Gasteiger partial charge in [0.1, 0.15) is 16.6 Å². The van der Waals surface area contributed by atoms with Crippen molar-refractivity contribution in [3.63, 3.8) is 0 Å². The van der Waals surface area contributed by atoms with E-state index in [9.17, 15) is 9.00 Å². The van der Waals surface area contributed by atoms with Crippen LogP contribution in [0.3, 0.4) is 0 Å². The summed E-state index contributed by atoms with van der Waals surface area (Å²) in [6, 6.07) is 3.77. The minimum absolute atomic E-state index is 0.0214. The molecule has 0 fully saturated rings. The van der Waals surface area contributed by atoms with E-state index in [1.54, 1.807) is 6.92 Å². The molecular weight excluding hydrogens is 354 g/mol. The number of thioether (sulfide) groups is 1. The first-order valence-electron chi connectivity index (χ1n) is 8.24. The molecule has 4 nitrogen and oxygen atoms in total. The number of aryl methyl sites for hydroxylation is 1. The average Bonchev–Trinajstić information content (AvgIpc) is 2.51. The highest BCUT2D eigenvalue weighted by atomic mass is 32.2. The molecule has 0 radical (unpaired) electrons. The minimum Gasteiger partial charge on any atom is -0.449 e. The first-order chi connectivity index (χ1) is 11.6. The van der Waals surface area contributed by atoms with Crippen LogP contribution in [0.15, 0.2) is 30.8 Å². The molecule has 25 heavy (non-hydrogen) atoms. The molecule has 0 N–H and O–H groups in total. The first-order valence-corrected chi connectivity index (χ1v) is 10.3. The molecular formula is C19H25NO3S2. The van der Waals surface area contributed by atoms with E-state index in [1.807, 2.05) is 53.7 Å². The van der Waals surface area contributed by atoms with Gasteiger partial charge in [0.25, 0.3) is 0 Å². The van der Waals surface area contributed by atoms with Crippen molar-refractivity contribution >= 4 is 39.4 Å². The maximum absolute atomic E-state index is 12.8. The van der Waals surface area contributed by atoms with Crippen LogP contribution < -0.4 is 5.43 Å². The van der Waals surface area contributed by atoms with Crippen molar-refractivity contribution in [1.82, 2.24) is 0 Å². The van der Waals surface area contributed by atoms with E-state index in [4.69, 9.17) is 4.42 Å². The average molecular weight is 380 g/mol. The molecule has 1 aromatic heterocycles. The lowest BCUT2D eigenvalue weighted by molar-refractivity contribution is 0.492. The molecule has 136 valence electrons. The van der Waals surface area contributed by atoms with E-state index in [2.05, 4.69) is 4.40 Å². The molecule has 0 spiro atoms. The monoisotopic (exact) mass is 379 g/mol. The van der Waals surface area contributed by atoms with Crippen LogP contribution in [-0.4, -0.2) is 20.4 Å². The van der Waals surface area contributed by atoms with Crippen LogP contribution in [0.25, 0.3) is 11.0 Å². The second kappa shape index (κ2) is 7.46. The first kappa shape index (κ1) is 19.9. The van der Waals surface area contributed by atoms with E-state index in [1.165, 1.54) is 11.8 Å². The molecule has 0 aliphatic heterocycles. The van der Waals surface area contributed by atoms with Crippen LogP contribution in [0.2, 0.25) is 0 Å². The van der Waals surface area contributed by atoms with Gasteiger partial charge in [-0.25, -0.2) is 4.21 Å². The molecule has 2 aromatic rings. The van der Waals surface area contributed by atoms with Gasteiger partial charge in [0.15, 0.2) is 10.5 Å². The Morgan fingerprint density at radius 1 is 1.28 bits per heavy atom. The molecule has 0 saturated carbocycles. The lowest BCUT2D eigenvalue weighted by atomic mass is 10.0. The Labute approximate surface area is 155 Å². The van der Waals surface area contributed by atoms with Crippen molar-refractivity contribution in [2.75, 3.05) is 5.75 Å². The van der Waals surface area contributed by atoms with Gasteiger partial charge in [0, 0.05) is 11.1 Å². The normalized spacial score (nSPS) is 14.1. The molecule has 0 aliphatic rings. The Kier molecular flexibility index (Phi) is 5.94. The number of hydrogen-bond acceptors (Lipinski definition) is 4. The van der Waals surface area contributed by atoms with Gasteiger partial charge in [-0.3, -0.25) is 4.79 Å². The molecule has 1 atom stereocenters. The summed E-state index contributed by atoms with van der Waals surface area (Å²) in [4.78, 5) is 12.8. The lowest BCUT2D eigenvalue weighted by Gasteiger charge is -2.15. The molecule has 1 unspecified atom stereocenters. The van der Waals surface area contributed by atoms with Gasteiger partial charge in [-0.05, 0) is 65.0 Å². The third kappa shape index (κ3) is 4.23. The number of rotatable bonds is 4. The summed E-state index contributed by atoms with van der Waals surface area (Å²) in [6.07, 6.45) is 0. The van der Waals surface area contributed by atoms with Gasteiger partial charge in [0.05, 0.1) is 15.8 Å². The van der Waals surface area contributed by atoms with Crippen molar-refractivity contribution in [2.45, 2.75) is 58.3 Å². The zero-order valence-corrected chi connectivity index (χ0v) is 17.5. The minimum atomic E-state index is -1.37. The molecule has 0 saturated heterocycles. The summed E-state index contributed by atoms with van der Waals surface area (Å²) in [5.74, 6) is 0.817. The zero-order chi connectivity index (χ0) is 18.9. The topological polar surface area (TPSA) is 59.6 Å².